The highest BCUT2D eigenvalue weighted by molar-refractivity contribution is 6.06. The van der Waals surface area contributed by atoms with E-state index in [0.717, 1.165) is 6.42 Å². The summed E-state index contributed by atoms with van der Waals surface area (Å²) in [7, 11) is 0. The standard InChI is InChI=1S/C24H34O8/c1-11-19(28)24-16(27)9-15-21(4,5)8-7-17(32-13(3)26)22(15,6)18(24)14(31-12(2)25)10-23(11,30)20(24)29/h14-18,20,27,29-30H,1,7-10H2,2-6H3/t14-,15+,16+,17+,18-,20-,22-,23+,24+/m0/s1. The van der Waals surface area contributed by atoms with Crippen molar-refractivity contribution in [2.24, 2.45) is 28.1 Å². The van der Waals surface area contributed by atoms with Gasteiger partial charge in [0.15, 0.2) is 5.78 Å². The van der Waals surface area contributed by atoms with E-state index in [-0.39, 0.29) is 29.7 Å². The van der Waals surface area contributed by atoms with Crippen molar-refractivity contribution in [3.63, 3.8) is 0 Å². The summed E-state index contributed by atoms with van der Waals surface area (Å²) in [6.07, 6.45) is -3.24. The molecule has 0 unspecified atom stereocenters. The Labute approximate surface area is 188 Å². The Kier molecular flexibility index (Phi) is 5.02. The van der Waals surface area contributed by atoms with Crippen molar-refractivity contribution in [1.82, 2.24) is 0 Å². The zero-order valence-electron chi connectivity index (χ0n) is 19.4. The monoisotopic (exact) mass is 450 g/mol. The number of ketones is 1. The van der Waals surface area contributed by atoms with E-state index in [9.17, 15) is 29.7 Å². The maximum atomic E-state index is 13.7. The minimum Gasteiger partial charge on any atom is -0.462 e. The van der Waals surface area contributed by atoms with Gasteiger partial charge in [-0.25, -0.2) is 0 Å². The van der Waals surface area contributed by atoms with Gasteiger partial charge in [0.05, 0.1) is 11.5 Å². The summed E-state index contributed by atoms with van der Waals surface area (Å²) in [5.74, 6) is -2.74. The van der Waals surface area contributed by atoms with Gasteiger partial charge in [0.25, 0.3) is 0 Å². The van der Waals surface area contributed by atoms with Gasteiger partial charge >= 0.3 is 11.9 Å². The summed E-state index contributed by atoms with van der Waals surface area (Å²) < 4.78 is 11.5. The Morgan fingerprint density at radius 3 is 2.25 bits per heavy atom. The van der Waals surface area contributed by atoms with E-state index in [1.54, 1.807) is 0 Å². The van der Waals surface area contributed by atoms with Crippen LogP contribution in [0.4, 0.5) is 0 Å². The van der Waals surface area contributed by atoms with Crippen molar-refractivity contribution < 1.29 is 39.2 Å². The van der Waals surface area contributed by atoms with Gasteiger partial charge < -0.3 is 24.8 Å². The largest absolute Gasteiger partial charge is 0.462 e. The normalized spacial score (nSPS) is 49.1. The first kappa shape index (κ1) is 23.4. The molecular formula is C24H34O8. The lowest BCUT2D eigenvalue weighted by molar-refractivity contribution is -0.294. The van der Waals surface area contributed by atoms with Gasteiger partial charge in [-0.1, -0.05) is 27.4 Å². The molecule has 4 saturated carbocycles. The van der Waals surface area contributed by atoms with E-state index in [2.05, 4.69) is 20.4 Å². The first-order chi connectivity index (χ1) is 14.6. The molecule has 8 heteroatoms. The van der Waals surface area contributed by atoms with Crippen LogP contribution in [0.2, 0.25) is 0 Å². The van der Waals surface area contributed by atoms with Gasteiger partial charge in [-0.3, -0.25) is 14.4 Å². The molecule has 0 aromatic rings. The van der Waals surface area contributed by atoms with Gasteiger partial charge in [-0.05, 0) is 30.6 Å². The summed E-state index contributed by atoms with van der Waals surface area (Å²) in [6.45, 7) is 12.4. The van der Waals surface area contributed by atoms with E-state index < -0.39 is 64.5 Å². The highest BCUT2D eigenvalue weighted by Crippen LogP contribution is 2.72. The molecule has 178 valence electrons. The molecule has 4 fully saturated rings. The van der Waals surface area contributed by atoms with Crippen LogP contribution in [0.1, 0.15) is 60.3 Å². The number of esters is 2. The van der Waals surface area contributed by atoms with E-state index >= 15 is 0 Å². The van der Waals surface area contributed by atoms with Crippen LogP contribution in [0.15, 0.2) is 12.2 Å². The lowest BCUT2D eigenvalue weighted by Crippen LogP contribution is -2.75. The van der Waals surface area contributed by atoms with E-state index in [4.69, 9.17) is 9.47 Å². The summed E-state index contributed by atoms with van der Waals surface area (Å²) in [6, 6.07) is 0. The molecule has 3 N–H and O–H groups in total. The Morgan fingerprint density at radius 2 is 1.69 bits per heavy atom. The third kappa shape index (κ3) is 2.63. The van der Waals surface area contributed by atoms with E-state index in [1.165, 1.54) is 13.8 Å². The zero-order valence-corrected chi connectivity index (χ0v) is 19.4. The fourth-order valence-electron chi connectivity index (χ4n) is 8.05. The Bertz CT molecular complexity index is 894. The SMILES string of the molecule is C=C1C(=O)[C@@]23[C@H](O)C[C@@H]4C(C)(C)CC[C@@H](OC(C)=O)[C@@]4(C)[C@@H]2[C@@H](OC(C)=O)C[C@]1(O)[C@@H]3O. The van der Waals surface area contributed by atoms with Crippen molar-refractivity contribution in [2.45, 2.75) is 90.3 Å². The number of hydrogen-bond acceptors (Lipinski definition) is 8. The maximum Gasteiger partial charge on any atom is 0.302 e. The summed E-state index contributed by atoms with van der Waals surface area (Å²) in [4.78, 5) is 37.8. The zero-order chi connectivity index (χ0) is 24.0. The number of carbonyl (C=O) groups excluding carboxylic acids is 3. The van der Waals surface area contributed by atoms with Crippen LogP contribution in [0.5, 0.6) is 0 Å². The molecule has 0 aliphatic heterocycles. The molecule has 2 bridgehead atoms. The van der Waals surface area contributed by atoms with Gasteiger partial charge in [-0.15, -0.1) is 0 Å². The maximum absolute atomic E-state index is 13.7. The third-order valence-corrected chi connectivity index (χ3v) is 9.24. The first-order valence-electron chi connectivity index (χ1n) is 11.3. The van der Waals surface area contributed by atoms with Crippen LogP contribution in [-0.4, -0.2) is 63.1 Å². The molecule has 9 atom stereocenters. The molecular weight excluding hydrogens is 416 g/mol. The second kappa shape index (κ2) is 6.87. The van der Waals surface area contributed by atoms with E-state index in [1.807, 2.05) is 6.92 Å². The van der Waals surface area contributed by atoms with Crippen molar-refractivity contribution in [3.05, 3.63) is 12.2 Å². The predicted molar refractivity (Wildman–Crippen MR) is 112 cm³/mol. The fourth-order valence-corrected chi connectivity index (χ4v) is 8.05. The van der Waals surface area contributed by atoms with Gasteiger partial charge in [-0.2, -0.15) is 0 Å². The average molecular weight is 451 g/mol. The van der Waals surface area contributed by atoms with Crippen LogP contribution in [0, 0.1) is 28.1 Å². The van der Waals surface area contributed by atoms with Gasteiger partial charge in [0, 0.05) is 37.2 Å². The number of rotatable bonds is 2. The second-order valence-electron chi connectivity index (χ2n) is 11.2. The Hall–Kier alpha value is -1.77. The number of ether oxygens (including phenoxy) is 2. The molecule has 0 amide bonds. The molecule has 0 saturated heterocycles. The smallest absolute Gasteiger partial charge is 0.302 e. The molecule has 0 aromatic heterocycles. The Balaban J connectivity index is 2.00. The van der Waals surface area contributed by atoms with Crippen LogP contribution in [0.3, 0.4) is 0 Å². The van der Waals surface area contributed by atoms with Crippen LogP contribution in [-0.2, 0) is 23.9 Å². The number of Topliss-reactive ketones (excluding diaryl/α,β-unsaturated/α-hetero) is 1. The molecule has 8 nitrogen and oxygen atoms in total. The Morgan fingerprint density at radius 1 is 1.09 bits per heavy atom. The molecule has 4 aliphatic rings. The van der Waals surface area contributed by atoms with Gasteiger partial charge in [0.2, 0.25) is 0 Å². The molecule has 0 radical (unpaired) electrons. The quantitative estimate of drug-likeness (QED) is 0.424. The highest BCUT2D eigenvalue weighted by atomic mass is 16.6. The highest BCUT2D eigenvalue weighted by Gasteiger charge is 2.81. The summed E-state index contributed by atoms with van der Waals surface area (Å²) >= 11 is 0. The number of aliphatic hydroxyl groups excluding tert-OH is 2. The molecule has 4 aliphatic carbocycles. The number of aliphatic hydroxyl groups is 3. The topological polar surface area (TPSA) is 130 Å². The second-order valence-corrected chi connectivity index (χ2v) is 11.2. The average Bonchev–Trinajstić information content (AvgIpc) is 2.75. The van der Waals surface area contributed by atoms with Crippen molar-refractivity contribution in [1.29, 1.82) is 0 Å². The minimum atomic E-state index is -2.00. The molecule has 1 spiro atoms. The third-order valence-electron chi connectivity index (χ3n) is 9.24. The molecule has 0 heterocycles. The van der Waals surface area contributed by atoms with E-state index in [0.29, 0.717) is 6.42 Å². The molecule has 4 rings (SSSR count). The fraction of sp³-hybridized carbons (Fsp3) is 0.792. The van der Waals surface area contributed by atoms with Crippen molar-refractivity contribution in [3.8, 4) is 0 Å². The van der Waals surface area contributed by atoms with Crippen molar-refractivity contribution >= 4 is 17.7 Å². The van der Waals surface area contributed by atoms with Gasteiger partial charge in [0.1, 0.15) is 23.9 Å². The summed E-state index contributed by atoms with van der Waals surface area (Å²) in [5, 5.41) is 34.2. The molecule has 32 heavy (non-hydrogen) atoms. The minimum absolute atomic E-state index is 0.176. The molecule has 0 aromatic carbocycles. The van der Waals surface area contributed by atoms with Crippen molar-refractivity contribution in [2.75, 3.05) is 0 Å². The predicted octanol–water partition coefficient (Wildman–Crippen LogP) is 1.29. The van der Waals surface area contributed by atoms with Crippen LogP contribution in [0.25, 0.3) is 0 Å². The number of carbonyl (C=O) groups is 3. The van der Waals surface area contributed by atoms with Crippen LogP contribution < -0.4 is 0 Å². The van der Waals surface area contributed by atoms with Crippen LogP contribution >= 0.6 is 0 Å². The number of hydrogen-bond donors (Lipinski definition) is 3. The summed E-state index contributed by atoms with van der Waals surface area (Å²) in [5.41, 5.74) is -5.16. The lowest BCUT2D eigenvalue weighted by Gasteiger charge is -2.67. The lowest BCUT2D eigenvalue weighted by atomic mass is 9.38. The number of fused-ring (bicyclic) bond motifs is 3. The first-order valence-corrected chi connectivity index (χ1v) is 11.3.